The molecule has 0 bridgehead atoms. The van der Waals surface area contributed by atoms with E-state index < -0.39 is 21.9 Å². The van der Waals surface area contributed by atoms with Crippen molar-refractivity contribution >= 4 is 33.1 Å². The number of sulfonamides is 1. The molecule has 31 heavy (non-hydrogen) atoms. The van der Waals surface area contributed by atoms with Crippen LogP contribution in [0, 0.1) is 5.82 Å². The summed E-state index contributed by atoms with van der Waals surface area (Å²) in [7, 11) is -1.21. The van der Waals surface area contributed by atoms with Crippen molar-refractivity contribution in [3.63, 3.8) is 0 Å². The van der Waals surface area contributed by atoms with Gasteiger partial charge in [0.15, 0.2) is 0 Å². The van der Waals surface area contributed by atoms with Gasteiger partial charge in [0.25, 0.3) is 10.0 Å². The average Bonchev–Trinajstić information content (AvgIpc) is 2.75. The molecule has 3 rings (SSSR count). The lowest BCUT2D eigenvalue weighted by Gasteiger charge is -2.15. The van der Waals surface area contributed by atoms with Gasteiger partial charge < -0.3 is 20.1 Å². The molecule has 0 spiro atoms. The standard InChI is InChI=1S/C21H20FN3O5S/c1-29-19-10-6-5-9-17(19)25-31(27,28)14-11-12-20(30-2)18(13-14)24-21(26)23-16-8-4-3-7-15(16)22/h3-13,25H,1-2H3,(H2,23,24,26). The highest BCUT2D eigenvalue weighted by atomic mass is 32.2. The fraction of sp³-hybridized carbons (Fsp3) is 0.0952. The van der Waals surface area contributed by atoms with Gasteiger partial charge in [0, 0.05) is 0 Å². The van der Waals surface area contributed by atoms with Gasteiger partial charge in [-0.15, -0.1) is 0 Å². The molecule has 0 aliphatic heterocycles. The first-order chi connectivity index (χ1) is 14.8. The number of para-hydroxylation sites is 3. The Kier molecular flexibility index (Phi) is 6.61. The number of hydrogen-bond acceptors (Lipinski definition) is 5. The summed E-state index contributed by atoms with van der Waals surface area (Å²) in [5.74, 6) is -0.0379. The summed E-state index contributed by atoms with van der Waals surface area (Å²) in [6.07, 6.45) is 0. The van der Waals surface area contributed by atoms with Crippen LogP contribution in [0.3, 0.4) is 0 Å². The van der Waals surface area contributed by atoms with Crippen LogP contribution in [-0.4, -0.2) is 28.7 Å². The molecule has 10 heteroatoms. The highest BCUT2D eigenvalue weighted by molar-refractivity contribution is 7.92. The molecule has 3 N–H and O–H groups in total. The minimum Gasteiger partial charge on any atom is -0.495 e. The lowest BCUT2D eigenvalue weighted by Crippen LogP contribution is -2.21. The van der Waals surface area contributed by atoms with Crippen molar-refractivity contribution in [1.82, 2.24) is 0 Å². The van der Waals surface area contributed by atoms with Crippen molar-refractivity contribution in [2.45, 2.75) is 4.90 Å². The molecule has 0 radical (unpaired) electrons. The lowest BCUT2D eigenvalue weighted by molar-refractivity contribution is 0.262. The first-order valence-electron chi connectivity index (χ1n) is 9.00. The number of halogens is 1. The minimum atomic E-state index is -4.01. The van der Waals surface area contributed by atoms with Crippen LogP contribution in [0.2, 0.25) is 0 Å². The summed E-state index contributed by atoms with van der Waals surface area (Å²) in [6.45, 7) is 0. The van der Waals surface area contributed by atoms with Gasteiger partial charge >= 0.3 is 6.03 Å². The third kappa shape index (κ3) is 5.23. The second kappa shape index (κ2) is 9.35. The molecule has 0 fully saturated rings. The molecular formula is C21H20FN3O5S. The predicted octanol–water partition coefficient (Wildman–Crippen LogP) is 4.29. The van der Waals surface area contributed by atoms with Crippen LogP contribution in [-0.2, 0) is 10.0 Å². The highest BCUT2D eigenvalue weighted by Crippen LogP contribution is 2.30. The third-order valence-corrected chi connectivity index (χ3v) is 5.57. The first-order valence-corrected chi connectivity index (χ1v) is 10.5. The normalized spacial score (nSPS) is 10.8. The van der Waals surface area contributed by atoms with Crippen LogP contribution in [0.4, 0.5) is 26.2 Å². The van der Waals surface area contributed by atoms with E-state index in [-0.39, 0.29) is 27.7 Å². The summed E-state index contributed by atoms with van der Waals surface area (Å²) in [4.78, 5) is 12.2. The van der Waals surface area contributed by atoms with E-state index in [0.29, 0.717) is 5.75 Å². The molecule has 2 amide bonds. The number of amides is 2. The number of carbonyl (C=O) groups excluding carboxylic acids is 1. The Morgan fingerprint density at radius 3 is 2.06 bits per heavy atom. The van der Waals surface area contributed by atoms with Gasteiger partial charge in [0.2, 0.25) is 0 Å². The largest absolute Gasteiger partial charge is 0.495 e. The maximum Gasteiger partial charge on any atom is 0.323 e. The third-order valence-electron chi connectivity index (χ3n) is 4.20. The summed E-state index contributed by atoms with van der Waals surface area (Å²) in [5, 5.41) is 4.84. The zero-order chi connectivity index (χ0) is 22.4. The lowest BCUT2D eigenvalue weighted by atomic mass is 10.3. The number of ether oxygens (including phenoxy) is 2. The Labute approximate surface area is 179 Å². The van der Waals surface area contributed by atoms with Gasteiger partial charge in [0.1, 0.15) is 17.3 Å². The molecular weight excluding hydrogens is 425 g/mol. The number of nitrogens with one attached hydrogen (secondary N) is 3. The van der Waals surface area contributed by atoms with Gasteiger partial charge in [-0.05, 0) is 42.5 Å². The maximum absolute atomic E-state index is 13.8. The zero-order valence-electron chi connectivity index (χ0n) is 16.7. The van der Waals surface area contributed by atoms with Crippen molar-refractivity contribution in [3.05, 3.63) is 72.5 Å². The summed E-state index contributed by atoms with van der Waals surface area (Å²) < 4.78 is 52.3. The predicted molar refractivity (Wildman–Crippen MR) is 116 cm³/mol. The molecule has 0 heterocycles. The number of carbonyl (C=O) groups is 1. The quantitative estimate of drug-likeness (QED) is 0.503. The Bertz CT molecular complexity index is 1200. The summed E-state index contributed by atoms with van der Waals surface area (Å²) in [5.41, 5.74) is 0.312. The van der Waals surface area contributed by atoms with Gasteiger partial charge in [-0.1, -0.05) is 24.3 Å². The van der Waals surface area contributed by atoms with Crippen molar-refractivity contribution in [3.8, 4) is 11.5 Å². The number of methoxy groups -OCH3 is 2. The van der Waals surface area contributed by atoms with Crippen LogP contribution in [0.1, 0.15) is 0 Å². The van der Waals surface area contributed by atoms with E-state index in [9.17, 15) is 17.6 Å². The second-order valence-electron chi connectivity index (χ2n) is 6.23. The van der Waals surface area contributed by atoms with Gasteiger partial charge in [0.05, 0.1) is 36.2 Å². The van der Waals surface area contributed by atoms with Crippen LogP contribution < -0.4 is 24.8 Å². The minimum absolute atomic E-state index is 0.0272. The van der Waals surface area contributed by atoms with E-state index in [4.69, 9.17) is 9.47 Å². The zero-order valence-corrected chi connectivity index (χ0v) is 17.5. The number of hydrogen-bond donors (Lipinski definition) is 3. The van der Waals surface area contributed by atoms with E-state index in [1.165, 1.54) is 50.6 Å². The van der Waals surface area contributed by atoms with Crippen molar-refractivity contribution in [1.29, 1.82) is 0 Å². The second-order valence-corrected chi connectivity index (χ2v) is 7.91. The SMILES string of the molecule is COc1ccc(S(=O)(=O)Nc2ccccc2OC)cc1NC(=O)Nc1ccccc1F. The topological polar surface area (TPSA) is 106 Å². The number of benzene rings is 3. The van der Waals surface area contributed by atoms with Gasteiger partial charge in [-0.25, -0.2) is 17.6 Å². The van der Waals surface area contributed by atoms with E-state index in [0.717, 1.165) is 0 Å². The highest BCUT2D eigenvalue weighted by Gasteiger charge is 2.19. The van der Waals surface area contributed by atoms with E-state index in [1.807, 2.05) is 0 Å². The molecule has 162 valence electrons. The van der Waals surface area contributed by atoms with Gasteiger partial charge in [-0.2, -0.15) is 0 Å². The molecule has 0 unspecified atom stereocenters. The Morgan fingerprint density at radius 1 is 0.806 bits per heavy atom. The summed E-state index contributed by atoms with van der Waals surface area (Å²) in [6, 6.07) is 15.4. The molecule has 0 aliphatic carbocycles. The van der Waals surface area contributed by atoms with Crippen LogP contribution in [0.5, 0.6) is 11.5 Å². The van der Waals surface area contributed by atoms with Crippen LogP contribution in [0.15, 0.2) is 71.6 Å². The first kappa shape index (κ1) is 21.9. The van der Waals surface area contributed by atoms with E-state index in [1.54, 1.807) is 30.3 Å². The summed E-state index contributed by atoms with van der Waals surface area (Å²) >= 11 is 0. The fourth-order valence-corrected chi connectivity index (χ4v) is 3.82. The molecule has 0 saturated carbocycles. The van der Waals surface area contributed by atoms with Crippen LogP contribution in [0.25, 0.3) is 0 Å². The smallest absolute Gasteiger partial charge is 0.323 e. The maximum atomic E-state index is 13.8. The average molecular weight is 445 g/mol. The number of rotatable bonds is 7. The number of urea groups is 1. The monoisotopic (exact) mass is 445 g/mol. The van der Waals surface area contributed by atoms with Crippen LogP contribution >= 0.6 is 0 Å². The van der Waals surface area contributed by atoms with E-state index >= 15 is 0 Å². The molecule has 3 aromatic rings. The van der Waals surface area contributed by atoms with Crippen molar-refractivity contribution in [2.75, 3.05) is 29.6 Å². The molecule has 8 nitrogen and oxygen atoms in total. The number of anilines is 3. The van der Waals surface area contributed by atoms with E-state index in [2.05, 4.69) is 15.4 Å². The Morgan fingerprint density at radius 2 is 1.39 bits per heavy atom. The molecule has 3 aromatic carbocycles. The fourth-order valence-electron chi connectivity index (χ4n) is 2.72. The van der Waals surface area contributed by atoms with Crippen molar-refractivity contribution < 1.29 is 27.1 Å². The Balaban J connectivity index is 1.86. The molecule has 0 saturated heterocycles. The Hall–Kier alpha value is -3.79. The van der Waals surface area contributed by atoms with Crippen molar-refractivity contribution in [2.24, 2.45) is 0 Å². The molecule has 0 aromatic heterocycles. The van der Waals surface area contributed by atoms with Gasteiger partial charge in [-0.3, -0.25) is 4.72 Å². The molecule has 0 atom stereocenters. The molecule has 0 aliphatic rings.